The Kier molecular flexibility index (Phi) is 7.11. The zero-order valence-electron chi connectivity index (χ0n) is 19.6. The minimum absolute atomic E-state index is 0.00703. The van der Waals surface area contributed by atoms with Crippen LogP contribution in [0.2, 0.25) is 5.02 Å². The lowest BCUT2D eigenvalue weighted by Gasteiger charge is -2.33. The number of halogens is 1. The van der Waals surface area contributed by atoms with Crippen molar-refractivity contribution in [2.75, 3.05) is 17.9 Å². The highest BCUT2D eigenvalue weighted by Gasteiger charge is 2.26. The molecule has 1 unspecified atom stereocenters. The van der Waals surface area contributed by atoms with Gasteiger partial charge in [-0.3, -0.25) is 14.6 Å². The first kappa shape index (κ1) is 24.4. The van der Waals surface area contributed by atoms with E-state index in [-0.39, 0.29) is 27.7 Å². The van der Waals surface area contributed by atoms with Crippen molar-refractivity contribution in [1.29, 1.82) is 0 Å². The molecule has 3 heterocycles. The van der Waals surface area contributed by atoms with Gasteiger partial charge in [-0.25, -0.2) is 13.4 Å². The summed E-state index contributed by atoms with van der Waals surface area (Å²) < 4.78 is 39.1. The van der Waals surface area contributed by atoms with Crippen LogP contribution in [0, 0.1) is 0 Å². The van der Waals surface area contributed by atoms with Crippen LogP contribution in [0.25, 0.3) is 0 Å². The van der Waals surface area contributed by atoms with E-state index in [2.05, 4.69) is 31.7 Å². The van der Waals surface area contributed by atoms with Crippen LogP contribution in [-0.4, -0.2) is 41.6 Å². The molecule has 11 heteroatoms. The number of benzene rings is 1. The first-order valence-electron chi connectivity index (χ1n) is 11.2. The summed E-state index contributed by atoms with van der Waals surface area (Å²) in [6.45, 7) is 9.71. The van der Waals surface area contributed by atoms with Gasteiger partial charge >= 0.3 is 0 Å². The molecule has 4 rings (SSSR count). The smallest absolute Gasteiger partial charge is 0.263 e. The van der Waals surface area contributed by atoms with Crippen LogP contribution in [-0.2, 0) is 23.0 Å². The van der Waals surface area contributed by atoms with Crippen LogP contribution in [0.3, 0.4) is 0 Å². The maximum Gasteiger partial charge on any atom is 0.263 e. The molecular weight excluding hydrogens is 478 g/mol. The molecule has 0 saturated heterocycles. The summed E-state index contributed by atoms with van der Waals surface area (Å²) in [6, 6.07) is 5.19. The first-order chi connectivity index (χ1) is 16.2. The summed E-state index contributed by atoms with van der Waals surface area (Å²) in [6.07, 6.45) is 4.16. The van der Waals surface area contributed by atoms with E-state index in [1.165, 1.54) is 0 Å². The predicted octanol–water partition coefficient (Wildman–Crippen LogP) is 4.56. The molecule has 1 aliphatic rings. The molecular formula is C23H28ClN5O4S. The highest BCUT2D eigenvalue weighted by molar-refractivity contribution is 7.92. The number of hydrogen-bond donors (Lipinski definition) is 1. The van der Waals surface area contributed by atoms with Gasteiger partial charge in [-0.1, -0.05) is 36.7 Å². The molecule has 1 aromatic carbocycles. The number of nitrogens with one attached hydrogen (secondary N) is 1. The van der Waals surface area contributed by atoms with Crippen molar-refractivity contribution in [2.45, 2.75) is 57.5 Å². The lowest BCUT2D eigenvalue weighted by molar-refractivity contribution is 0.188. The highest BCUT2D eigenvalue weighted by atomic mass is 35.5. The molecule has 2 aromatic heterocycles. The van der Waals surface area contributed by atoms with Crippen molar-refractivity contribution in [3.05, 3.63) is 58.2 Å². The molecule has 1 atom stereocenters. The first-order valence-corrected chi connectivity index (χ1v) is 13.0. The van der Waals surface area contributed by atoms with Crippen molar-refractivity contribution in [3.8, 4) is 5.88 Å². The van der Waals surface area contributed by atoms with Crippen molar-refractivity contribution in [3.63, 3.8) is 0 Å². The fraction of sp³-hybridized carbons (Fsp3) is 0.435. The fourth-order valence-corrected chi connectivity index (χ4v) is 5.35. The minimum Gasteiger partial charge on any atom is -0.477 e. The summed E-state index contributed by atoms with van der Waals surface area (Å²) in [5, 5.41) is 3.97. The predicted molar refractivity (Wildman–Crippen MR) is 129 cm³/mol. The Morgan fingerprint density at radius 1 is 1.21 bits per heavy atom. The monoisotopic (exact) mass is 505 g/mol. The maximum atomic E-state index is 13.0. The molecule has 9 nitrogen and oxygen atoms in total. The van der Waals surface area contributed by atoms with Gasteiger partial charge < -0.3 is 9.26 Å². The number of nitrogens with zero attached hydrogens (tertiary/aromatic N) is 4. The van der Waals surface area contributed by atoms with E-state index in [1.54, 1.807) is 24.5 Å². The summed E-state index contributed by atoms with van der Waals surface area (Å²) >= 11 is 6.26. The Balaban J connectivity index is 1.52. The number of anilines is 1. The van der Waals surface area contributed by atoms with Crippen molar-refractivity contribution in [1.82, 2.24) is 20.0 Å². The molecule has 0 aliphatic carbocycles. The molecule has 34 heavy (non-hydrogen) atoms. The van der Waals surface area contributed by atoms with Crippen LogP contribution >= 0.6 is 11.6 Å². The molecule has 0 radical (unpaired) electrons. The van der Waals surface area contributed by atoms with Gasteiger partial charge in [0.1, 0.15) is 5.02 Å². The van der Waals surface area contributed by atoms with Gasteiger partial charge in [0.2, 0.25) is 11.7 Å². The topological polar surface area (TPSA) is 110 Å². The number of hydrogen-bond acceptors (Lipinski definition) is 8. The number of ether oxygens (including phenoxy) is 1. The van der Waals surface area contributed by atoms with Crippen molar-refractivity contribution >= 4 is 27.4 Å². The van der Waals surface area contributed by atoms with E-state index in [9.17, 15) is 8.42 Å². The molecule has 3 aromatic rings. The van der Waals surface area contributed by atoms with Crippen LogP contribution < -0.4 is 9.46 Å². The minimum atomic E-state index is -3.89. The SMILES string of the molecule is CCOc1cnc(C(C)N2CCc3ccc(S(=O)(=O)Nc4noc(C(C)C)c4Cl)cc3C2)cn1. The molecule has 182 valence electrons. The van der Waals surface area contributed by atoms with Crippen LogP contribution in [0.1, 0.15) is 62.2 Å². The lowest BCUT2D eigenvalue weighted by Crippen LogP contribution is -2.33. The Hall–Kier alpha value is -2.69. The Morgan fingerprint density at radius 2 is 2.00 bits per heavy atom. The number of aromatic nitrogens is 3. The van der Waals surface area contributed by atoms with Crippen molar-refractivity contribution < 1.29 is 17.7 Å². The van der Waals surface area contributed by atoms with E-state index in [0.717, 1.165) is 29.8 Å². The Morgan fingerprint density at radius 3 is 2.65 bits per heavy atom. The second kappa shape index (κ2) is 9.89. The number of rotatable bonds is 8. The summed E-state index contributed by atoms with van der Waals surface area (Å²) in [4.78, 5) is 11.2. The number of fused-ring (bicyclic) bond motifs is 1. The third-order valence-electron chi connectivity index (χ3n) is 5.86. The molecule has 1 N–H and O–H groups in total. The lowest BCUT2D eigenvalue weighted by atomic mass is 9.98. The zero-order chi connectivity index (χ0) is 24.5. The Labute approximate surface area is 204 Å². The molecule has 0 spiro atoms. The summed E-state index contributed by atoms with van der Waals surface area (Å²) in [5.74, 6) is 0.909. The van der Waals surface area contributed by atoms with Gasteiger partial charge in [-0.15, -0.1) is 0 Å². The second-order valence-corrected chi connectivity index (χ2v) is 10.6. The second-order valence-electron chi connectivity index (χ2n) is 8.51. The van der Waals surface area contributed by atoms with Crippen LogP contribution in [0.5, 0.6) is 5.88 Å². The standard InChI is InChI=1S/C23H28ClN5O4S/c1-5-32-20-12-25-19(11-26-20)15(4)29-9-8-16-6-7-18(10-17(16)13-29)34(30,31)28-23-21(24)22(14(2)3)33-27-23/h6-7,10-12,14-15H,5,8-9,13H2,1-4H3,(H,27,28). The molecule has 0 saturated carbocycles. The van der Waals surface area contributed by atoms with Gasteiger partial charge in [0.25, 0.3) is 10.0 Å². The summed E-state index contributed by atoms with van der Waals surface area (Å²) in [7, 11) is -3.89. The van der Waals surface area contributed by atoms with E-state index in [0.29, 0.717) is 24.8 Å². The van der Waals surface area contributed by atoms with E-state index < -0.39 is 10.0 Å². The van der Waals surface area contributed by atoms with Gasteiger partial charge in [0.05, 0.1) is 35.6 Å². The van der Waals surface area contributed by atoms with Crippen molar-refractivity contribution in [2.24, 2.45) is 0 Å². The van der Waals surface area contributed by atoms with E-state index in [4.69, 9.17) is 20.9 Å². The molecule has 0 amide bonds. The van der Waals surface area contributed by atoms with Crippen LogP contribution in [0.15, 0.2) is 40.0 Å². The van der Waals surface area contributed by atoms with Gasteiger partial charge in [0.15, 0.2) is 5.76 Å². The third-order valence-corrected chi connectivity index (χ3v) is 7.56. The molecule has 0 bridgehead atoms. The summed E-state index contributed by atoms with van der Waals surface area (Å²) in [5.41, 5.74) is 2.91. The number of sulfonamides is 1. The maximum absolute atomic E-state index is 13.0. The van der Waals surface area contributed by atoms with Crippen LogP contribution in [0.4, 0.5) is 5.82 Å². The Bertz CT molecular complexity index is 1260. The van der Waals surface area contributed by atoms with Gasteiger partial charge in [-0.2, -0.15) is 0 Å². The normalized spacial score (nSPS) is 15.2. The largest absolute Gasteiger partial charge is 0.477 e. The highest BCUT2D eigenvalue weighted by Crippen LogP contribution is 2.33. The third kappa shape index (κ3) is 5.03. The molecule has 1 aliphatic heterocycles. The fourth-order valence-electron chi connectivity index (χ4n) is 3.90. The quantitative estimate of drug-likeness (QED) is 0.474. The molecule has 0 fully saturated rings. The van der Waals surface area contributed by atoms with E-state index in [1.807, 2.05) is 26.8 Å². The average molecular weight is 506 g/mol. The van der Waals surface area contributed by atoms with E-state index >= 15 is 0 Å². The average Bonchev–Trinajstić information content (AvgIpc) is 3.18. The van der Waals surface area contributed by atoms with Gasteiger partial charge in [0, 0.05) is 19.0 Å². The van der Waals surface area contributed by atoms with Gasteiger partial charge in [-0.05, 0) is 43.5 Å². The zero-order valence-corrected chi connectivity index (χ0v) is 21.2.